The van der Waals surface area contributed by atoms with Gasteiger partial charge in [-0.05, 0) is 37.6 Å². The molecule has 1 aromatic heterocycles. The minimum absolute atomic E-state index is 0.266. The molecule has 0 saturated heterocycles. The summed E-state index contributed by atoms with van der Waals surface area (Å²) in [5.74, 6) is 0.266. The van der Waals surface area contributed by atoms with Crippen LogP contribution in [0.1, 0.15) is 24.5 Å². The molecule has 21 heavy (non-hydrogen) atoms. The van der Waals surface area contributed by atoms with Crippen molar-refractivity contribution in [3.8, 4) is 0 Å². The molecule has 106 valence electrons. The molecule has 2 aromatic carbocycles. The smallest absolute Gasteiger partial charge is 0.231 e. The number of hydrogen-bond donors (Lipinski definition) is 1. The van der Waals surface area contributed by atoms with E-state index in [2.05, 4.69) is 9.98 Å². The summed E-state index contributed by atoms with van der Waals surface area (Å²) in [5.41, 5.74) is 3.08. The average molecular weight is 280 g/mol. The van der Waals surface area contributed by atoms with E-state index in [1.807, 2.05) is 55.5 Å². The third-order valence-electron chi connectivity index (χ3n) is 3.24. The van der Waals surface area contributed by atoms with Crippen LogP contribution in [0.25, 0.3) is 10.9 Å². The first-order valence-corrected chi connectivity index (χ1v) is 6.83. The molecule has 0 unspecified atom stereocenters. The number of aromatic nitrogens is 1. The van der Waals surface area contributed by atoms with Crippen molar-refractivity contribution in [3.63, 3.8) is 0 Å². The van der Waals surface area contributed by atoms with Crippen molar-refractivity contribution in [1.82, 2.24) is 4.98 Å². The number of hydrogen-bond acceptors (Lipinski definition) is 4. The van der Waals surface area contributed by atoms with Crippen molar-refractivity contribution in [2.45, 2.75) is 20.0 Å². The highest BCUT2D eigenvalue weighted by Gasteiger charge is 2.11. The van der Waals surface area contributed by atoms with Crippen LogP contribution in [0.2, 0.25) is 0 Å². The Labute approximate surface area is 122 Å². The SMILES string of the molecule is Cc1cccc2nc([C@H](C)O)oc(=Nc3ccccc3)c12. The molecule has 1 heterocycles. The van der Waals surface area contributed by atoms with Crippen molar-refractivity contribution >= 4 is 16.6 Å². The summed E-state index contributed by atoms with van der Waals surface area (Å²) in [4.78, 5) is 8.92. The Balaban J connectivity index is 2.36. The minimum Gasteiger partial charge on any atom is -0.421 e. The Morgan fingerprint density at radius 3 is 2.57 bits per heavy atom. The quantitative estimate of drug-likeness (QED) is 0.782. The molecule has 0 spiro atoms. The van der Waals surface area contributed by atoms with Gasteiger partial charge in [0.15, 0.2) is 0 Å². The topological polar surface area (TPSA) is 58.6 Å². The maximum atomic E-state index is 9.75. The fraction of sp³-hybridized carbons (Fsp3) is 0.176. The van der Waals surface area contributed by atoms with Gasteiger partial charge in [0.1, 0.15) is 6.10 Å². The number of para-hydroxylation sites is 1. The van der Waals surface area contributed by atoms with E-state index in [0.717, 1.165) is 22.2 Å². The van der Waals surface area contributed by atoms with Crippen LogP contribution in [0, 0.1) is 6.92 Å². The lowest BCUT2D eigenvalue weighted by Crippen LogP contribution is -2.10. The predicted octanol–water partition coefficient (Wildman–Crippen LogP) is 3.42. The molecule has 0 amide bonds. The number of aryl methyl sites for hydroxylation is 1. The fourth-order valence-corrected chi connectivity index (χ4v) is 2.19. The Kier molecular flexibility index (Phi) is 3.54. The number of nitrogens with zero attached hydrogens (tertiary/aromatic N) is 2. The molecule has 1 N–H and O–H groups in total. The first kappa shape index (κ1) is 13.5. The largest absolute Gasteiger partial charge is 0.421 e. The maximum absolute atomic E-state index is 9.75. The van der Waals surface area contributed by atoms with Gasteiger partial charge in [-0.25, -0.2) is 9.98 Å². The lowest BCUT2D eigenvalue weighted by atomic mass is 10.1. The summed E-state index contributed by atoms with van der Waals surface area (Å²) < 4.78 is 5.71. The van der Waals surface area contributed by atoms with Crippen LogP contribution in [-0.4, -0.2) is 10.1 Å². The Bertz CT molecular complexity index is 836. The van der Waals surface area contributed by atoms with Crippen molar-refractivity contribution in [2.24, 2.45) is 4.99 Å². The third-order valence-corrected chi connectivity index (χ3v) is 3.24. The van der Waals surface area contributed by atoms with E-state index >= 15 is 0 Å². The van der Waals surface area contributed by atoms with Crippen molar-refractivity contribution < 1.29 is 9.52 Å². The molecule has 0 radical (unpaired) electrons. The zero-order valence-electron chi connectivity index (χ0n) is 11.9. The van der Waals surface area contributed by atoms with Crippen LogP contribution in [0.4, 0.5) is 5.69 Å². The van der Waals surface area contributed by atoms with E-state index in [4.69, 9.17) is 4.42 Å². The van der Waals surface area contributed by atoms with Gasteiger partial charge in [0, 0.05) is 0 Å². The lowest BCUT2D eigenvalue weighted by Gasteiger charge is -2.07. The fourth-order valence-electron chi connectivity index (χ4n) is 2.19. The van der Waals surface area contributed by atoms with E-state index in [1.165, 1.54) is 0 Å². The van der Waals surface area contributed by atoms with Crippen LogP contribution in [0.5, 0.6) is 0 Å². The summed E-state index contributed by atoms with van der Waals surface area (Å²) >= 11 is 0. The number of aliphatic hydroxyl groups is 1. The van der Waals surface area contributed by atoms with Gasteiger partial charge in [0.25, 0.3) is 0 Å². The minimum atomic E-state index is -0.778. The second-order valence-corrected chi connectivity index (χ2v) is 4.95. The van der Waals surface area contributed by atoms with Gasteiger partial charge in [0.05, 0.1) is 16.6 Å². The first-order chi connectivity index (χ1) is 10.1. The van der Waals surface area contributed by atoms with Crippen LogP contribution >= 0.6 is 0 Å². The van der Waals surface area contributed by atoms with E-state index in [9.17, 15) is 5.11 Å². The van der Waals surface area contributed by atoms with Gasteiger partial charge in [-0.2, -0.15) is 0 Å². The molecule has 4 nitrogen and oxygen atoms in total. The summed E-state index contributed by atoms with van der Waals surface area (Å²) in [7, 11) is 0. The van der Waals surface area contributed by atoms with E-state index in [-0.39, 0.29) is 5.89 Å². The van der Waals surface area contributed by atoms with Gasteiger partial charge in [0.2, 0.25) is 11.4 Å². The maximum Gasteiger partial charge on any atom is 0.231 e. The van der Waals surface area contributed by atoms with E-state index in [0.29, 0.717) is 5.55 Å². The third kappa shape index (κ3) is 2.71. The Hall–Kier alpha value is -2.46. The molecule has 0 aliphatic carbocycles. The lowest BCUT2D eigenvalue weighted by molar-refractivity contribution is 0.156. The summed E-state index contributed by atoms with van der Waals surface area (Å²) in [6.07, 6.45) is -0.778. The van der Waals surface area contributed by atoms with Crippen molar-refractivity contribution in [3.05, 3.63) is 65.5 Å². The summed E-state index contributed by atoms with van der Waals surface area (Å²) in [6.45, 7) is 3.62. The monoisotopic (exact) mass is 280 g/mol. The molecular weight excluding hydrogens is 264 g/mol. The second kappa shape index (κ2) is 5.50. The highest BCUT2D eigenvalue weighted by Crippen LogP contribution is 2.17. The molecule has 0 aliphatic heterocycles. The molecule has 3 aromatic rings. The van der Waals surface area contributed by atoms with Crippen molar-refractivity contribution in [2.75, 3.05) is 0 Å². The highest BCUT2D eigenvalue weighted by molar-refractivity contribution is 5.80. The first-order valence-electron chi connectivity index (χ1n) is 6.83. The molecular formula is C17H16N2O2. The molecule has 0 saturated carbocycles. The number of fused-ring (bicyclic) bond motifs is 1. The summed E-state index contributed by atoms with van der Waals surface area (Å²) in [5, 5.41) is 10.6. The average Bonchev–Trinajstić information content (AvgIpc) is 2.48. The number of aliphatic hydroxyl groups excluding tert-OH is 1. The zero-order valence-corrected chi connectivity index (χ0v) is 11.9. The Morgan fingerprint density at radius 2 is 1.86 bits per heavy atom. The zero-order chi connectivity index (χ0) is 14.8. The van der Waals surface area contributed by atoms with Crippen LogP contribution in [-0.2, 0) is 0 Å². The van der Waals surface area contributed by atoms with Crippen LogP contribution in [0.15, 0.2) is 57.9 Å². The van der Waals surface area contributed by atoms with E-state index < -0.39 is 6.10 Å². The summed E-state index contributed by atoms with van der Waals surface area (Å²) in [6, 6.07) is 15.4. The number of benzene rings is 2. The van der Waals surface area contributed by atoms with Gasteiger partial charge in [-0.1, -0.05) is 30.3 Å². The van der Waals surface area contributed by atoms with Gasteiger partial charge < -0.3 is 9.52 Å². The molecule has 4 heteroatoms. The van der Waals surface area contributed by atoms with Gasteiger partial charge in [-0.15, -0.1) is 0 Å². The molecule has 0 fully saturated rings. The second-order valence-electron chi connectivity index (χ2n) is 4.95. The predicted molar refractivity (Wildman–Crippen MR) is 81.0 cm³/mol. The van der Waals surface area contributed by atoms with Gasteiger partial charge >= 0.3 is 0 Å². The molecule has 1 atom stereocenters. The standard InChI is InChI=1S/C17H16N2O2/c1-11-7-6-10-14-15(11)17(21-16(19-14)12(2)20)18-13-8-4-3-5-9-13/h3-10,12,20H,1-2H3/t12-/m0/s1. The molecule has 0 aliphatic rings. The highest BCUT2D eigenvalue weighted by atomic mass is 16.4. The van der Waals surface area contributed by atoms with Gasteiger partial charge in [-0.3, -0.25) is 0 Å². The normalized spacial score (nSPS) is 13.6. The van der Waals surface area contributed by atoms with Crippen LogP contribution < -0.4 is 5.55 Å². The molecule has 3 rings (SSSR count). The van der Waals surface area contributed by atoms with Crippen molar-refractivity contribution in [1.29, 1.82) is 0 Å². The van der Waals surface area contributed by atoms with E-state index in [1.54, 1.807) is 6.92 Å². The number of rotatable bonds is 2. The molecule has 0 bridgehead atoms. The Morgan fingerprint density at radius 1 is 1.10 bits per heavy atom. The van der Waals surface area contributed by atoms with Crippen LogP contribution in [0.3, 0.4) is 0 Å².